The van der Waals surface area contributed by atoms with Gasteiger partial charge in [-0.2, -0.15) is 5.26 Å². The van der Waals surface area contributed by atoms with E-state index >= 15 is 0 Å². The Bertz CT molecular complexity index is 575. The number of benzene rings is 2. The molecular formula is C13H7BrFNO. The third-order valence-electron chi connectivity index (χ3n) is 2.11. The van der Waals surface area contributed by atoms with Crippen LogP contribution in [0.2, 0.25) is 0 Å². The molecule has 0 saturated heterocycles. The molecule has 0 bridgehead atoms. The average Bonchev–Trinajstić information content (AvgIpc) is 2.32. The minimum absolute atomic E-state index is 0.307. The smallest absolute Gasteiger partial charge is 0.128 e. The van der Waals surface area contributed by atoms with Crippen molar-refractivity contribution in [3.63, 3.8) is 0 Å². The second-order valence-corrected chi connectivity index (χ2v) is 4.16. The summed E-state index contributed by atoms with van der Waals surface area (Å²) in [6, 6.07) is 12.8. The SMILES string of the molecule is N#Cc1ccc(Oc2ccc(F)cc2)cc1Br. The van der Waals surface area contributed by atoms with Crippen LogP contribution in [0.5, 0.6) is 11.5 Å². The summed E-state index contributed by atoms with van der Waals surface area (Å²) in [5.41, 5.74) is 0.538. The van der Waals surface area contributed by atoms with E-state index in [0.717, 1.165) is 0 Å². The van der Waals surface area contributed by atoms with Crippen molar-refractivity contribution in [1.82, 2.24) is 0 Å². The molecule has 0 spiro atoms. The summed E-state index contributed by atoms with van der Waals surface area (Å²) in [6.45, 7) is 0. The highest BCUT2D eigenvalue weighted by molar-refractivity contribution is 9.10. The Balaban J connectivity index is 2.22. The molecule has 0 radical (unpaired) electrons. The van der Waals surface area contributed by atoms with E-state index in [-0.39, 0.29) is 5.82 Å². The fraction of sp³-hybridized carbons (Fsp3) is 0. The number of nitrogens with zero attached hydrogens (tertiary/aromatic N) is 1. The highest BCUT2D eigenvalue weighted by atomic mass is 79.9. The van der Waals surface area contributed by atoms with Gasteiger partial charge in [0.05, 0.1) is 5.56 Å². The number of rotatable bonds is 2. The van der Waals surface area contributed by atoms with E-state index in [1.807, 2.05) is 6.07 Å². The van der Waals surface area contributed by atoms with Crippen LogP contribution < -0.4 is 4.74 Å². The van der Waals surface area contributed by atoms with Crippen LogP contribution >= 0.6 is 15.9 Å². The Hall–Kier alpha value is -1.86. The van der Waals surface area contributed by atoms with E-state index in [9.17, 15) is 4.39 Å². The molecule has 0 fully saturated rings. The number of hydrogen-bond donors (Lipinski definition) is 0. The molecule has 0 amide bonds. The largest absolute Gasteiger partial charge is 0.457 e. The van der Waals surface area contributed by atoms with Crippen LogP contribution in [-0.2, 0) is 0 Å². The fourth-order valence-corrected chi connectivity index (χ4v) is 1.74. The second-order valence-electron chi connectivity index (χ2n) is 3.31. The molecule has 0 aliphatic rings. The summed E-state index contributed by atoms with van der Waals surface area (Å²) in [5.74, 6) is 0.823. The predicted molar refractivity (Wildman–Crippen MR) is 65.3 cm³/mol. The van der Waals surface area contributed by atoms with Crippen molar-refractivity contribution < 1.29 is 9.13 Å². The Morgan fingerprint density at radius 1 is 1.06 bits per heavy atom. The third kappa shape index (κ3) is 2.83. The summed E-state index contributed by atoms with van der Waals surface area (Å²) in [6.07, 6.45) is 0. The van der Waals surface area contributed by atoms with Crippen molar-refractivity contribution in [2.45, 2.75) is 0 Å². The molecule has 4 heteroatoms. The van der Waals surface area contributed by atoms with Crippen molar-refractivity contribution in [3.8, 4) is 17.6 Å². The predicted octanol–water partition coefficient (Wildman–Crippen LogP) is 4.25. The van der Waals surface area contributed by atoms with Crippen molar-refractivity contribution in [2.24, 2.45) is 0 Å². The van der Waals surface area contributed by atoms with Gasteiger partial charge >= 0.3 is 0 Å². The lowest BCUT2D eigenvalue weighted by Gasteiger charge is -2.06. The van der Waals surface area contributed by atoms with Gasteiger partial charge in [0.1, 0.15) is 23.4 Å². The van der Waals surface area contributed by atoms with Crippen LogP contribution in [0.25, 0.3) is 0 Å². The lowest BCUT2D eigenvalue weighted by Crippen LogP contribution is -1.86. The van der Waals surface area contributed by atoms with Crippen LogP contribution in [0.3, 0.4) is 0 Å². The number of hydrogen-bond acceptors (Lipinski definition) is 2. The molecule has 0 aromatic heterocycles. The molecule has 2 nitrogen and oxygen atoms in total. The lowest BCUT2D eigenvalue weighted by atomic mass is 10.2. The highest BCUT2D eigenvalue weighted by Crippen LogP contribution is 2.26. The molecular weight excluding hydrogens is 285 g/mol. The first-order valence-corrected chi connectivity index (χ1v) is 5.61. The molecule has 0 aliphatic heterocycles. The normalized spacial score (nSPS) is 9.71. The maximum atomic E-state index is 12.7. The van der Waals surface area contributed by atoms with Gasteiger partial charge in [-0.25, -0.2) is 4.39 Å². The molecule has 0 aliphatic carbocycles. The summed E-state index contributed by atoms with van der Waals surface area (Å²) in [5, 5.41) is 8.77. The van der Waals surface area contributed by atoms with Crippen LogP contribution in [0.4, 0.5) is 4.39 Å². The minimum atomic E-state index is -0.307. The Labute approximate surface area is 106 Å². The van der Waals surface area contributed by atoms with Gasteiger partial charge in [0.15, 0.2) is 0 Å². The molecule has 2 rings (SSSR count). The average molecular weight is 292 g/mol. The van der Waals surface area contributed by atoms with E-state index in [0.29, 0.717) is 21.5 Å². The van der Waals surface area contributed by atoms with Crippen LogP contribution in [0.1, 0.15) is 5.56 Å². The zero-order chi connectivity index (χ0) is 12.3. The van der Waals surface area contributed by atoms with E-state index in [4.69, 9.17) is 10.00 Å². The van der Waals surface area contributed by atoms with Crippen molar-refractivity contribution in [3.05, 3.63) is 58.3 Å². The zero-order valence-corrected chi connectivity index (χ0v) is 10.2. The maximum Gasteiger partial charge on any atom is 0.128 e. The number of nitriles is 1. The van der Waals surface area contributed by atoms with E-state index < -0.39 is 0 Å². The Morgan fingerprint density at radius 3 is 2.29 bits per heavy atom. The van der Waals surface area contributed by atoms with Gasteiger partial charge in [0.25, 0.3) is 0 Å². The molecule has 2 aromatic rings. The molecule has 0 saturated carbocycles. The summed E-state index contributed by atoms with van der Waals surface area (Å²) < 4.78 is 18.9. The minimum Gasteiger partial charge on any atom is -0.457 e. The molecule has 0 atom stereocenters. The van der Waals surface area contributed by atoms with Gasteiger partial charge < -0.3 is 4.74 Å². The second kappa shape index (κ2) is 4.98. The van der Waals surface area contributed by atoms with Crippen molar-refractivity contribution in [2.75, 3.05) is 0 Å². The fourth-order valence-electron chi connectivity index (χ4n) is 1.29. The lowest BCUT2D eigenvalue weighted by molar-refractivity contribution is 0.480. The van der Waals surface area contributed by atoms with Gasteiger partial charge in [-0.05, 0) is 58.4 Å². The van der Waals surface area contributed by atoms with Crippen molar-refractivity contribution >= 4 is 15.9 Å². The van der Waals surface area contributed by atoms with E-state index in [1.165, 1.54) is 12.1 Å². The molecule has 0 heterocycles. The third-order valence-corrected chi connectivity index (χ3v) is 2.77. The zero-order valence-electron chi connectivity index (χ0n) is 8.65. The monoisotopic (exact) mass is 291 g/mol. The molecule has 84 valence electrons. The van der Waals surface area contributed by atoms with Crippen LogP contribution in [0, 0.1) is 17.1 Å². The maximum absolute atomic E-state index is 12.7. The first-order valence-electron chi connectivity index (χ1n) is 4.82. The van der Waals surface area contributed by atoms with Gasteiger partial charge in [0, 0.05) is 4.47 Å². The first kappa shape index (κ1) is 11.6. The van der Waals surface area contributed by atoms with Crippen molar-refractivity contribution in [1.29, 1.82) is 5.26 Å². The summed E-state index contributed by atoms with van der Waals surface area (Å²) >= 11 is 3.27. The first-order chi connectivity index (χ1) is 8.19. The highest BCUT2D eigenvalue weighted by Gasteiger charge is 2.02. The number of ether oxygens (including phenoxy) is 1. The van der Waals surface area contributed by atoms with Gasteiger partial charge in [0.2, 0.25) is 0 Å². The Kier molecular flexibility index (Phi) is 3.40. The van der Waals surface area contributed by atoms with Gasteiger partial charge in [-0.1, -0.05) is 0 Å². The molecule has 0 unspecified atom stereocenters. The van der Waals surface area contributed by atoms with Crippen LogP contribution in [0.15, 0.2) is 46.9 Å². The number of halogens is 2. The summed E-state index contributed by atoms with van der Waals surface area (Å²) in [4.78, 5) is 0. The molecule has 17 heavy (non-hydrogen) atoms. The quantitative estimate of drug-likeness (QED) is 0.828. The van der Waals surface area contributed by atoms with E-state index in [1.54, 1.807) is 30.3 Å². The van der Waals surface area contributed by atoms with Gasteiger partial charge in [-0.3, -0.25) is 0 Å². The molecule has 0 N–H and O–H groups in total. The van der Waals surface area contributed by atoms with Crippen LogP contribution in [-0.4, -0.2) is 0 Å². The van der Waals surface area contributed by atoms with Gasteiger partial charge in [-0.15, -0.1) is 0 Å². The van der Waals surface area contributed by atoms with E-state index in [2.05, 4.69) is 15.9 Å². The Morgan fingerprint density at radius 2 is 1.71 bits per heavy atom. The molecule has 2 aromatic carbocycles. The summed E-state index contributed by atoms with van der Waals surface area (Å²) in [7, 11) is 0. The topological polar surface area (TPSA) is 33.0 Å². The standard InChI is InChI=1S/C13H7BrFNO/c14-13-7-12(4-1-9(13)8-16)17-11-5-2-10(15)3-6-11/h1-7H.